The van der Waals surface area contributed by atoms with Crippen LogP contribution in [-0.2, 0) is 19.8 Å². The molecule has 1 aromatic carbocycles. The minimum Gasteiger partial charge on any atom is -0.365 e. The molecule has 0 radical (unpaired) electrons. The summed E-state index contributed by atoms with van der Waals surface area (Å²) in [5.74, 6) is -0.975. The first kappa shape index (κ1) is 24.2. The highest BCUT2D eigenvalue weighted by atomic mass is 127. The van der Waals surface area contributed by atoms with Crippen molar-refractivity contribution < 1.29 is 22.0 Å². The topological polar surface area (TPSA) is 57.5 Å². The van der Waals surface area contributed by atoms with Crippen molar-refractivity contribution in [3.8, 4) is 0 Å². The fourth-order valence-electron chi connectivity index (χ4n) is 3.34. The minimum absolute atomic E-state index is 0. The number of alkyl halides is 3. The molecule has 1 atom stereocenters. The Balaban J connectivity index is 0.00000320. The molecule has 0 saturated carbocycles. The SMILES string of the molecule is CN=C(NCc1cn(C)nc1C(F)(F)F)NC1CCN(c2c(F)cccc2F)C1.I. The number of benzene rings is 1. The predicted octanol–water partition coefficient (Wildman–Crippen LogP) is 3.28. The standard InChI is InChI=1S/C18H21F5N6.HI/c1-24-17(25-8-11-9-28(2)27-16(11)18(21,22)23)26-12-6-7-29(10-12)15-13(19)4-3-5-14(15)20;/h3-5,9,12H,6-8,10H2,1-2H3,(H2,24,25,26);1H. The van der Waals surface area contributed by atoms with Crippen molar-refractivity contribution in [3.63, 3.8) is 0 Å². The van der Waals surface area contributed by atoms with Crippen molar-refractivity contribution in [2.45, 2.75) is 25.2 Å². The summed E-state index contributed by atoms with van der Waals surface area (Å²) in [4.78, 5) is 5.61. The lowest BCUT2D eigenvalue weighted by Gasteiger charge is -2.21. The second-order valence-corrected chi connectivity index (χ2v) is 6.75. The van der Waals surface area contributed by atoms with E-state index >= 15 is 0 Å². The van der Waals surface area contributed by atoms with Crippen molar-refractivity contribution in [1.29, 1.82) is 0 Å². The average Bonchev–Trinajstić information content (AvgIpc) is 3.24. The maximum Gasteiger partial charge on any atom is 0.435 e. The molecule has 0 amide bonds. The summed E-state index contributed by atoms with van der Waals surface area (Å²) >= 11 is 0. The largest absolute Gasteiger partial charge is 0.435 e. The van der Waals surface area contributed by atoms with E-state index in [-0.39, 0.29) is 47.8 Å². The summed E-state index contributed by atoms with van der Waals surface area (Å²) in [5.41, 5.74) is -1.04. The van der Waals surface area contributed by atoms with Gasteiger partial charge in [0.05, 0.1) is 0 Å². The van der Waals surface area contributed by atoms with Crippen LogP contribution in [-0.4, -0.2) is 41.9 Å². The molecule has 0 spiro atoms. The second-order valence-electron chi connectivity index (χ2n) is 6.75. The molecule has 1 fully saturated rings. The van der Waals surface area contributed by atoms with E-state index in [1.54, 1.807) is 4.90 Å². The van der Waals surface area contributed by atoms with Crippen LogP contribution in [0.25, 0.3) is 0 Å². The number of hydrogen-bond donors (Lipinski definition) is 2. The Morgan fingerprint density at radius 1 is 1.27 bits per heavy atom. The van der Waals surface area contributed by atoms with Gasteiger partial charge in [-0.15, -0.1) is 24.0 Å². The molecule has 1 aromatic heterocycles. The Morgan fingerprint density at radius 2 is 1.93 bits per heavy atom. The highest BCUT2D eigenvalue weighted by Crippen LogP contribution is 2.30. The highest BCUT2D eigenvalue weighted by molar-refractivity contribution is 14.0. The van der Waals surface area contributed by atoms with Crippen molar-refractivity contribution in [2.75, 3.05) is 25.0 Å². The molecule has 2 aromatic rings. The molecule has 1 aliphatic heterocycles. The number of aryl methyl sites for hydroxylation is 1. The summed E-state index contributed by atoms with van der Waals surface area (Å²) in [6, 6.07) is 3.54. The molecule has 1 saturated heterocycles. The van der Waals surface area contributed by atoms with Gasteiger partial charge in [-0.2, -0.15) is 18.3 Å². The van der Waals surface area contributed by atoms with E-state index in [0.29, 0.717) is 25.5 Å². The van der Waals surface area contributed by atoms with Gasteiger partial charge in [0.15, 0.2) is 11.7 Å². The van der Waals surface area contributed by atoms with Crippen LogP contribution in [0, 0.1) is 11.6 Å². The molecule has 6 nitrogen and oxygen atoms in total. The van der Waals surface area contributed by atoms with Gasteiger partial charge in [-0.3, -0.25) is 9.67 Å². The number of halogens is 6. The fraction of sp³-hybridized carbons (Fsp3) is 0.444. The summed E-state index contributed by atoms with van der Waals surface area (Å²) in [7, 11) is 2.91. The van der Waals surface area contributed by atoms with E-state index < -0.39 is 23.5 Å². The lowest BCUT2D eigenvalue weighted by Crippen LogP contribution is -2.44. The van der Waals surface area contributed by atoms with Crippen LogP contribution in [0.15, 0.2) is 29.4 Å². The van der Waals surface area contributed by atoms with E-state index in [0.717, 1.165) is 4.68 Å². The molecule has 0 aliphatic carbocycles. The van der Waals surface area contributed by atoms with Crippen molar-refractivity contribution in [3.05, 3.63) is 47.3 Å². The zero-order valence-corrected chi connectivity index (χ0v) is 18.6. The van der Waals surface area contributed by atoms with Crippen molar-refractivity contribution in [1.82, 2.24) is 20.4 Å². The minimum atomic E-state index is -4.55. The molecule has 166 valence electrons. The van der Waals surface area contributed by atoms with Crippen LogP contribution in [0.5, 0.6) is 0 Å². The molecule has 30 heavy (non-hydrogen) atoms. The zero-order chi connectivity index (χ0) is 21.2. The summed E-state index contributed by atoms with van der Waals surface area (Å²) in [5, 5.41) is 9.38. The summed E-state index contributed by atoms with van der Waals surface area (Å²) in [6.45, 7) is 0.646. The van der Waals surface area contributed by atoms with Crippen molar-refractivity contribution >= 4 is 35.6 Å². The molecule has 12 heteroatoms. The van der Waals surface area contributed by atoms with E-state index in [9.17, 15) is 22.0 Å². The number of rotatable bonds is 4. The lowest BCUT2D eigenvalue weighted by atomic mass is 10.2. The van der Waals surface area contributed by atoms with Crippen LogP contribution < -0.4 is 15.5 Å². The smallest absolute Gasteiger partial charge is 0.365 e. The third-order valence-electron chi connectivity index (χ3n) is 4.63. The molecular formula is C18H22F5IN6. The van der Waals surface area contributed by atoms with Crippen LogP contribution >= 0.6 is 24.0 Å². The van der Waals surface area contributed by atoms with Crippen LogP contribution in [0.4, 0.5) is 27.6 Å². The number of para-hydroxylation sites is 1. The molecule has 1 aliphatic rings. The molecule has 2 heterocycles. The van der Waals surface area contributed by atoms with E-state index in [2.05, 4.69) is 20.7 Å². The number of aromatic nitrogens is 2. The number of guanidine groups is 1. The number of nitrogens with one attached hydrogen (secondary N) is 2. The van der Waals surface area contributed by atoms with E-state index in [1.807, 2.05) is 0 Å². The predicted molar refractivity (Wildman–Crippen MR) is 114 cm³/mol. The number of nitrogens with zero attached hydrogens (tertiary/aromatic N) is 4. The van der Waals surface area contributed by atoms with Crippen LogP contribution in [0.3, 0.4) is 0 Å². The van der Waals surface area contributed by atoms with Gasteiger partial charge in [0.1, 0.15) is 17.3 Å². The highest BCUT2D eigenvalue weighted by Gasteiger charge is 2.37. The quantitative estimate of drug-likeness (QED) is 0.269. The Bertz CT molecular complexity index is 877. The van der Waals surface area contributed by atoms with Gasteiger partial charge in [-0.05, 0) is 18.6 Å². The third-order valence-corrected chi connectivity index (χ3v) is 4.63. The molecule has 1 unspecified atom stereocenters. The first-order valence-electron chi connectivity index (χ1n) is 8.95. The van der Waals surface area contributed by atoms with Gasteiger partial charge < -0.3 is 15.5 Å². The normalized spacial score (nSPS) is 17.1. The van der Waals surface area contributed by atoms with E-state index in [1.165, 1.54) is 38.5 Å². The van der Waals surface area contributed by atoms with Gasteiger partial charge >= 0.3 is 6.18 Å². The Kier molecular flexibility index (Phi) is 7.88. The number of aliphatic imine (C=N–C) groups is 1. The van der Waals surface area contributed by atoms with E-state index in [4.69, 9.17) is 0 Å². The van der Waals surface area contributed by atoms with Gasteiger partial charge in [0.2, 0.25) is 0 Å². The van der Waals surface area contributed by atoms with Crippen LogP contribution in [0.2, 0.25) is 0 Å². The van der Waals surface area contributed by atoms with Crippen molar-refractivity contribution in [2.24, 2.45) is 12.0 Å². The Labute approximate surface area is 187 Å². The Hall–Kier alpha value is -2.12. The first-order chi connectivity index (χ1) is 13.7. The van der Waals surface area contributed by atoms with Gasteiger partial charge in [-0.1, -0.05) is 6.07 Å². The summed E-state index contributed by atoms with van der Waals surface area (Å²) < 4.78 is 68.2. The second kappa shape index (κ2) is 9.79. The third kappa shape index (κ3) is 5.52. The monoisotopic (exact) mass is 544 g/mol. The van der Waals surface area contributed by atoms with Crippen LogP contribution in [0.1, 0.15) is 17.7 Å². The van der Waals surface area contributed by atoms with Gasteiger partial charge in [0, 0.05) is 51.5 Å². The summed E-state index contributed by atoms with van der Waals surface area (Å²) in [6.07, 6.45) is -2.67. The maximum atomic E-state index is 14.0. The average molecular weight is 544 g/mol. The number of anilines is 1. The Morgan fingerprint density at radius 3 is 2.53 bits per heavy atom. The lowest BCUT2D eigenvalue weighted by molar-refractivity contribution is -0.142. The molecular weight excluding hydrogens is 522 g/mol. The maximum absolute atomic E-state index is 14.0. The van der Waals surface area contributed by atoms with Gasteiger partial charge in [0.25, 0.3) is 0 Å². The fourth-order valence-corrected chi connectivity index (χ4v) is 3.34. The number of hydrogen-bond acceptors (Lipinski definition) is 3. The molecule has 3 rings (SSSR count). The molecule has 2 N–H and O–H groups in total. The zero-order valence-electron chi connectivity index (χ0n) is 16.3. The first-order valence-corrected chi connectivity index (χ1v) is 8.95. The molecule has 0 bridgehead atoms. The van der Waals surface area contributed by atoms with Gasteiger partial charge in [-0.25, -0.2) is 8.78 Å².